The van der Waals surface area contributed by atoms with Crippen LogP contribution in [0.4, 0.5) is 0 Å². The molecule has 2 aliphatic rings. The number of aromatic hydroxyl groups is 1. The molecular weight excluding hydrogens is 504 g/mol. The Bertz CT molecular complexity index is 1110. The minimum Gasteiger partial charge on any atom is -0.507 e. The van der Waals surface area contributed by atoms with E-state index in [0.717, 1.165) is 19.6 Å². The number of carbonyl (C=O) groups is 2. The van der Waals surface area contributed by atoms with Gasteiger partial charge in [0.1, 0.15) is 17.3 Å². The first-order valence-corrected chi connectivity index (χ1v) is 11.9. The van der Waals surface area contributed by atoms with Crippen molar-refractivity contribution in [3.63, 3.8) is 0 Å². The maximum atomic E-state index is 13.2. The van der Waals surface area contributed by atoms with Crippen LogP contribution in [0.5, 0.6) is 11.5 Å². The summed E-state index contributed by atoms with van der Waals surface area (Å²) in [7, 11) is 1.54. The molecule has 0 unspecified atom stereocenters. The van der Waals surface area contributed by atoms with Crippen molar-refractivity contribution in [1.82, 2.24) is 9.80 Å². The van der Waals surface area contributed by atoms with Gasteiger partial charge in [0, 0.05) is 30.7 Å². The van der Waals surface area contributed by atoms with Gasteiger partial charge in [-0.25, -0.2) is 0 Å². The van der Waals surface area contributed by atoms with Gasteiger partial charge in [-0.3, -0.25) is 14.5 Å². The highest BCUT2D eigenvalue weighted by molar-refractivity contribution is 9.10. The Hall–Kier alpha value is -2.88. The fourth-order valence-corrected chi connectivity index (χ4v) is 4.76. The summed E-state index contributed by atoms with van der Waals surface area (Å²) < 4.78 is 11.4. The zero-order valence-electron chi connectivity index (χ0n) is 18.9. The monoisotopic (exact) mass is 530 g/mol. The summed E-state index contributed by atoms with van der Waals surface area (Å²) in [5, 5.41) is 21.5. The van der Waals surface area contributed by atoms with Crippen molar-refractivity contribution in [2.45, 2.75) is 12.5 Å². The van der Waals surface area contributed by atoms with E-state index in [1.165, 1.54) is 24.1 Å². The largest absolute Gasteiger partial charge is 0.507 e. The van der Waals surface area contributed by atoms with E-state index in [2.05, 4.69) is 20.8 Å². The fraction of sp³-hybridized carbons (Fsp3) is 0.360. The Labute approximate surface area is 206 Å². The number of halogens is 1. The van der Waals surface area contributed by atoms with Crippen LogP contribution in [-0.4, -0.2) is 78.2 Å². The van der Waals surface area contributed by atoms with E-state index in [1.54, 1.807) is 30.3 Å². The van der Waals surface area contributed by atoms with Crippen LogP contribution in [0, 0.1) is 0 Å². The van der Waals surface area contributed by atoms with Crippen LogP contribution in [0.1, 0.15) is 23.6 Å². The molecule has 0 bridgehead atoms. The number of likely N-dealkylation sites (tertiary alicyclic amines) is 1. The van der Waals surface area contributed by atoms with Crippen LogP contribution in [-0.2, 0) is 14.3 Å². The molecule has 2 saturated heterocycles. The number of hydrogen-bond donors (Lipinski definition) is 2. The molecule has 2 aromatic rings. The number of hydrogen-bond acceptors (Lipinski definition) is 7. The molecule has 2 aromatic carbocycles. The molecule has 2 heterocycles. The maximum absolute atomic E-state index is 13.2. The number of rotatable bonds is 7. The van der Waals surface area contributed by atoms with Crippen molar-refractivity contribution in [3.8, 4) is 11.5 Å². The van der Waals surface area contributed by atoms with Crippen molar-refractivity contribution >= 4 is 33.4 Å². The SMILES string of the molecule is COc1cccc([C@@H]2C(=C(O)c3cc(Br)ccc3O)C(=O)C(=O)N2CCCN2CCOCC2)c1. The van der Waals surface area contributed by atoms with Crippen molar-refractivity contribution < 1.29 is 29.3 Å². The minimum absolute atomic E-state index is 0.0574. The van der Waals surface area contributed by atoms with Crippen LogP contribution in [0.3, 0.4) is 0 Å². The van der Waals surface area contributed by atoms with E-state index in [0.29, 0.717) is 42.0 Å². The molecule has 0 aromatic heterocycles. The number of morpholine rings is 1. The van der Waals surface area contributed by atoms with Crippen LogP contribution in [0.15, 0.2) is 52.5 Å². The third-order valence-corrected chi connectivity index (χ3v) is 6.63. The number of aliphatic hydroxyl groups is 1. The van der Waals surface area contributed by atoms with Gasteiger partial charge < -0.3 is 24.6 Å². The molecule has 1 atom stereocenters. The first-order valence-electron chi connectivity index (χ1n) is 11.1. The highest BCUT2D eigenvalue weighted by Crippen LogP contribution is 2.42. The maximum Gasteiger partial charge on any atom is 0.295 e. The number of phenolic OH excluding ortho intramolecular Hbond substituents is 1. The summed E-state index contributed by atoms with van der Waals surface area (Å²) >= 11 is 3.33. The van der Waals surface area contributed by atoms with Crippen LogP contribution < -0.4 is 4.74 Å². The van der Waals surface area contributed by atoms with Gasteiger partial charge in [0.25, 0.3) is 11.7 Å². The van der Waals surface area contributed by atoms with Crippen LogP contribution in [0.25, 0.3) is 5.76 Å². The number of amides is 1. The molecular formula is C25H27BrN2O6. The number of Topliss-reactive ketones (excluding diaryl/α,β-unsaturated/α-hetero) is 1. The van der Waals surface area contributed by atoms with Crippen molar-refractivity contribution in [1.29, 1.82) is 0 Å². The fourth-order valence-electron chi connectivity index (χ4n) is 4.40. The summed E-state index contributed by atoms with van der Waals surface area (Å²) in [6.07, 6.45) is 0.662. The Kier molecular flexibility index (Phi) is 7.55. The van der Waals surface area contributed by atoms with E-state index in [4.69, 9.17) is 9.47 Å². The molecule has 9 heteroatoms. The first-order chi connectivity index (χ1) is 16.4. The molecule has 2 N–H and O–H groups in total. The highest BCUT2D eigenvalue weighted by atomic mass is 79.9. The molecule has 2 fully saturated rings. The Balaban J connectivity index is 1.72. The van der Waals surface area contributed by atoms with E-state index in [1.807, 2.05) is 0 Å². The Morgan fingerprint density at radius 2 is 1.91 bits per heavy atom. The number of nitrogens with zero attached hydrogens (tertiary/aromatic N) is 2. The normalized spacial score (nSPS) is 20.6. The van der Waals surface area contributed by atoms with Gasteiger partial charge in [-0.05, 0) is 42.3 Å². The summed E-state index contributed by atoms with van der Waals surface area (Å²) in [5.41, 5.74) is 0.660. The predicted molar refractivity (Wildman–Crippen MR) is 130 cm³/mol. The average molecular weight is 531 g/mol. The zero-order chi connectivity index (χ0) is 24.2. The van der Waals surface area contributed by atoms with Crippen molar-refractivity contribution in [3.05, 3.63) is 63.6 Å². The lowest BCUT2D eigenvalue weighted by Crippen LogP contribution is -2.38. The average Bonchev–Trinajstić information content (AvgIpc) is 3.11. The number of benzene rings is 2. The number of aliphatic hydroxyl groups excluding tert-OH is 1. The number of ether oxygens (including phenoxy) is 2. The zero-order valence-corrected chi connectivity index (χ0v) is 20.5. The lowest BCUT2D eigenvalue weighted by Gasteiger charge is -2.29. The van der Waals surface area contributed by atoms with Crippen molar-refractivity contribution in [2.75, 3.05) is 46.5 Å². The summed E-state index contributed by atoms with van der Waals surface area (Å²) in [4.78, 5) is 30.0. The van der Waals surface area contributed by atoms with E-state index in [9.17, 15) is 19.8 Å². The molecule has 1 amide bonds. The molecule has 0 radical (unpaired) electrons. The van der Waals surface area contributed by atoms with Gasteiger partial charge in [0.2, 0.25) is 0 Å². The minimum atomic E-state index is -0.807. The van der Waals surface area contributed by atoms with E-state index in [-0.39, 0.29) is 16.9 Å². The highest BCUT2D eigenvalue weighted by Gasteiger charge is 2.46. The van der Waals surface area contributed by atoms with Gasteiger partial charge >= 0.3 is 0 Å². The second kappa shape index (κ2) is 10.6. The summed E-state index contributed by atoms with van der Waals surface area (Å²) in [6, 6.07) is 10.8. The molecule has 2 aliphatic heterocycles. The molecule has 0 saturated carbocycles. The predicted octanol–water partition coefficient (Wildman–Crippen LogP) is 3.31. The smallest absolute Gasteiger partial charge is 0.295 e. The molecule has 4 rings (SSSR count). The van der Waals surface area contributed by atoms with Gasteiger partial charge in [-0.15, -0.1) is 0 Å². The van der Waals surface area contributed by atoms with E-state index >= 15 is 0 Å². The lowest BCUT2D eigenvalue weighted by atomic mass is 9.95. The number of phenols is 1. The van der Waals surface area contributed by atoms with Gasteiger partial charge in [0.15, 0.2) is 0 Å². The quantitative estimate of drug-likeness (QED) is 0.321. The number of methoxy groups -OCH3 is 1. The number of ketones is 1. The van der Waals surface area contributed by atoms with E-state index < -0.39 is 23.5 Å². The number of carbonyl (C=O) groups excluding carboxylic acids is 2. The lowest BCUT2D eigenvalue weighted by molar-refractivity contribution is -0.140. The third-order valence-electron chi connectivity index (χ3n) is 6.14. The van der Waals surface area contributed by atoms with Crippen LogP contribution in [0.2, 0.25) is 0 Å². The molecule has 0 spiro atoms. The van der Waals surface area contributed by atoms with Crippen molar-refractivity contribution in [2.24, 2.45) is 0 Å². The van der Waals surface area contributed by atoms with Gasteiger partial charge in [0.05, 0.1) is 37.5 Å². The topological polar surface area (TPSA) is 99.5 Å². The van der Waals surface area contributed by atoms with Gasteiger partial charge in [-0.2, -0.15) is 0 Å². The first kappa shape index (κ1) is 24.3. The summed E-state index contributed by atoms with van der Waals surface area (Å²) in [6.45, 7) is 4.14. The molecule has 8 nitrogen and oxygen atoms in total. The standard InChI is InChI=1S/C25H27BrN2O6/c1-33-18-5-2-4-16(14-18)22-21(23(30)19-15-17(26)6-7-20(19)29)24(31)25(32)28(22)9-3-8-27-10-12-34-13-11-27/h2,4-7,14-15,22,29-30H,3,8-13H2,1H3/t22-/m1/s1. The second-order valence-corrected chi connectivity index (χ2v) is 9.15. The second-order valence-electron chi connectivity index (χ2n) is 8.24. The van der Waals surface area contributed by atoms with Crippen LogP contribution >= 0.6 is 15.9 Å². The summed E-state index contributed by atoms with van der Waals surface area (Å²) in [5.74, 6) is -1.49. The molecule has 0 aliphatic carbocycles. The van der Waals surface area contributed by atoms with Gasteiger partial charge in [-0.1, -0.05) is 28.1 Å². The third kappa shape index (κ3) is 4.96. The Morgan fingerprint density at radius 3 is 2.65 bits per heavy atom. The molecule has 34 heavy (non-hydrogen) atoms. The Morgan fingerprint density at radius 1 is 1.15 bits per heavy atom. The molecule has 180 valence electrons.